The zero-order valence-corrected chi connectivity index (χ0v) is 13.5. The van der Waals surface area contributed by atoms with Gasteiger partial charge in [0.1, 0.15) is 11.5 Å². The Kier molecular flexibility index (Phi) is 5.88. The molecule has 0 radical (unpaired) electrons. The molecular weight excluding hydrogens is 264 g/mol. The van der Waals surface area contributed by atoms with Crippen molar-refractivity contribution in [3.63, 3.8) is 0 Å². The monoisotopic (exact) mass is 292 g/mol. The number of methoxy groups -OCH3 is 2. The minimum Gasteiger partial charge on any atom is -0.497 e. The smallest absolute Gasteiger partial charge is 0.123 e. The van der Waals surface area contributed by atoms with E-state index >= 15 is 0 Å². The first kappa shape index (κ1) is 16.1. The lowest BCUT2D eigenvalue weighted by Gasteiger charge is -2.35. The van der Waals surface area contributed by atoms with Gasteiger partial charge in [-0.2, -0.15) is 0 Å². The second-order valence-corrected chi connectivity index (χ2v) is 5.67. The molecule has 1 aliphatic heterocycles. The van der Waals surface area contributed by atoms with E-state index in [1.54, 1.807) is 14.2 Å². The molecule has 0 aliphatic carbocycles. The number of rotatable bonds is 5. The first-order chi connectivity index (χ1) is 10.2. The second kappa shape index (κ2) is 7.66. The van der Waals surface area contributed by atoms with Gasteiger partial charge in [-0.15, -0.1) is 0 Å². The first-order valence-electron chi connectivity index (χ1n) is 7.91. The lowest BCUT2D eigenvalue weighted by molar-refractivity contribution is 0.162. The maximum atomic E-state index is 6.08. The van der Waals surface area contributed by atoms with Crippen LogP contribution >= 0.6 is 0 Å². The van der Waals surface area contributed by atoms with Gasteiger partial charge in [-0.05, 0) is 56.6 Å². The van der Waals surface area contributed by atoms with Gasteiger partial charge in [-0.3, -0.25) is 4.90 Å². The Labute approximate surface area is 128 Å². The summed E-state index contributed by atoms with van der Waals surface area (Å²) in [6.45, 7) is 5.08. The van der Waals surface area contributed by atoms with E-state index in [1.807, 2.05) is 12.1 Å². The van der Waals surface area contributed by atoms with Crippen molar-refractivity contribution in [2.45, 2.75) is 32.2 Å². The molecule has 0 saturated carbocycles. The van der Waals surface area contributed by atoms with Gasteiger partial charge in [0.05, 0.1) is 14.2 Å². The molecule has 0 bridgehead atoms. The highest BCUT2D eigenvalue weighted by Gasteiger charge is 2.31. The molecule has 2 N–H and O–H groups in total. The Hall–Kier alpha value is -1.26. The molecule has 1 saturated heterocycles. The number of ether oxygens (including phenoxy) is 2. The van der Waals surface area contributed by atoms with Gasteiger partial charge >= 0.3 is 0 Å². The van der Waals surface area contributed by atoms with Crippen LogP contribution in [0.2, 0.25) is 0 Å². The van der Waals surface area contributed by atoms with Crippen molar-refractivity contribution in [1.29, 1.82) is 0 Å². The molecule has 4 nitrogen and oxygen atoms in total. The van der Waals surface area contributed by atoms with E-state index in [0.29, 0.717) is 18.5 Å². The zero-order valence-electron chi connectivity index (χ0n) is 13.5. The van der Waals surface area contributed by atoms with E-state index < -0.39 is 0 Å². The Bertz CT molecular complexity index is 436. The normalized spacial score (nSPS) is 23.6. The molecule has 4 heteroatoms. The highest BCUT2D eigenvalue weighted by atomic mass is 16.5. The van der Waals surface area contributed by atoms with Crippen molar-refractivity contribution < 1.29 is 9.47 Å². The van der Waals surface area contributed by atoms with E-state index in [-0.39, 0.29) is 0 Å². The van der Waals surface area contributed by atoms with Crippen molar-refractivity contribution >= 4 is 0 Å². The van der Waals surface area contributed by atoms with Crippen LogP contribution in [0.3, 0.4) is 0 Å². The summed E-state index contributed by atoms with van der Waals surface area (Å²) >= 11 is 0. The molecule has 2 unspecified atom stereocenters. The molecule has 0 amide bonds. The molecule has 2 rings (SSSR count). The summed E-state index contributed by atoms with van der Waals surface area (Å²) < 4.78 is 11.0. The standard InChI is InChI=1S/C17H28N2O2/c1-4-19-10-6-5-7-13(12-18)17(19)15-11-14(20-2)8-9-16(15)21-3/h8-9,11,13,17H,4-7,10,12,18H2,1-3H3. The van der Waals surface area contributed by atoms with Crippen molar-refractivity contribution in [3.05, 3.63) is 23.8 Å². The highest BCUT2D eigenvalue weighted by molar-refractivity contribution is 5.42. The molecule has 118 valence electrons. The summed E-state index contributed by atoms with van der Waals surface area (Å²) in [5.41, 5.74) is 7.29. The van der Waals surface area contributed by atoms with Crippen LogP contribution in [0.25, 0.3) is 0 Å². The fourth-order valence-corrected chi connectivity index (χ4v) is 3.44. The van der Waals surface area contributed by atoms with Crippen molar-refractivity contribution in [2.24, 2.45) is 11.7 Å². The van der Waals surface area contributed by atoms with Crippen LogP contribution in [-0.2, 0) is 0 Å². The van der Waals surface area contributed by atoms with E-state index in [2.05, 4.69) is 17.9 Å². The maximum absolute atomic E-state index is 6.08. The number of hydrogen-bond donors (Lipinski definition) is 1. The molecule has 1 aromatic carbocycles. The van der Waals surface area contributed by atoms with E-state index in [0.717, 1.165) is 24.6 Å². The largest absolute Gasteiger partial charge is 0.497 e. The number of nitrogens with zero attached hydrogens (tertiary/aromatic N) is 1. The Balaban J connectivity index is 2.46. The molecule has 1 aliphatic rings. The topological polar surface area (TPSA) is 47.7 Å². The zero-order chi connectivity index (χ0) is 15.2. The van der Waals surface area contributed by atoms with Crippen LogP contribution in [-0.4, -0.2) is 38.8 Å². The lowest BCUT2D eigenvalue weighted by Crippen LogP contribution is -2.35. The number of hydrogen-bond acceptors (Lipinski definition) is 4. The fraction of sp³-hybridized carbons (Fsp3) is 0.647. The van der Waals surface area contributed by atoms with Crippen LogP contribution in [0.1, 0.15) is 37.8 Å². The first-order valence-corrected chi connectivity index (χ1v) is 7.91. The molecule has 0 spiro atoms. The second-order valence-electron chi connectivity index (χ2n) is 5.67. The third-order valence-corrected chi connectivity index (χ3v) is 4.57. The average Bonchev–Trinajstić information content (AvgIpc) is 2.75. The third-order valence-electron chi connectivity index (χ3n) is 4.57. The summed E-state index contributed by atoms with van der Waals surface area (Å²) in [6, 6.07) is 6.38. The van der Waals surface area contributed by atoms with Gasteiger partial charge < -0.3 is 15.2 Å². The van der Waals surface area contributed by atoms with Gasteiger partial charge in [-0.1, -0.05) is 13.3 Å². The minimum absolute atomic E-state index is 0.313. The fourth-order valence-electron chi connectivity index (χ4n) is 3.44. The number of likely N-dealkylation sites (tertiary alicyclic amines) is 1. The van der Waals surface area contributed by atoms with Crippen LogP contribution in [0, 0.1) is 5.92 Å². The molecular formula is C17H28N2O2. The minimum atomic E-state index is 0.313. The van der Waals surface area contributed by atoms with E-state index in [1.165, 1.54) is 24.8 Å². The summed E-state index contributed by atoms with van der Waals surface area (Å²) in [5, 5.41) is 0. The predicted molar refractivity (Wildman–Crippen MR) is 85.9 cm³/mol. The van der Waals surface area contributed by atoms with Crippen molar-refractivity contribution in [3.8, 4) is 11.5 Å². The van der Waals surface area contributed by atoms with Gasteiger partial charge in [-0.25, -0.2) is 0 Å². The highest BCUT2D eigenvalue weighted by Crippen LogP contribution is 2.40. The average molecular weight is 292 g/mol. The van der Waals surface area contributed by atoms with Gasteiger partial charge in [0, 0.05) is 11.6 Å². The van der Waals surface area contributed by atoms with E-state index in [4.69, 9.17) is 15.2 Å². The van der Waals surface area contributed by atoms with Crippen LogP contribution < -0.4 is 15.2 Å². The SMILES string of the molecule is CCN1CCCCC(CN)C1c1cc(OC)ccc1OC. The van der Waals surface area contributed by atoms with Gasteiger partial charge in [0.2, 0.25) is 0 Å². The van der Waals surface area contributed by atoms with Crippen molar-refractivity contribution in [2.75, 3.05) is 33.9 Å². The Morgan fingerprint density at radius 3 is 2.67 bits per heavy atom. The molecule has 21 heavy (non-hydrogen) atoms. The van der Waals surface area contributed by atoms with Crippen molar-refractivity contribution in [1.82, 2.24) is 4.90 Å². The van der Waals surface area contributed by atoms with E-state index in [9.17, 15) is 0 Å². The van der Waals surface area contributed by atoms with Crippen LogP contribution in [0.15, 0.2) is 18.2 Å². The van der Waals surface area contributed by atoms with Gasteiger partial charge in [0.25, 0.3) is 0 Å². The Morgan fingerprint density at radius 1 is 1.24 bits per heavy atom. The quantitative estimate of drug-likeness (QED) is 0.906. The van der Waals surface area contributed by atoms with Gasteiger partial charge in [0.15, 0.2) is 0 Å². The van der Waals surface area contributed by atoms with Crippen LogP contribution in [0.4, 0.5) is 0 Å². The summed E-state index contributed by atoms with van der Waals surface area (Å²) in [7, 11) is 3.44. The Morgan fingerprint density at radius 2 is 2.05 bits per heavy atom. The maximum Gasteiger partial charge on any atom is 0.123 e. The summed E-state index contributed by atoms with van der Waals surface area (Å²) in [4.78, 5) is 2.53. The molecule has 1 aromatic rings. The lowest BCUT2D eigenvalue weighted by atomic mass is 9.88. The summed E-state index contributed by atoms with van der Waals surface area (Å²) in [6.07, 6.45) is 3.67. The molecule has 1 fully saturated rings. The third kappa shape index (κ3) is 3.50. The molecule has 2 atom stereocenters. The van der Waals surface area contributed by atoms with Crippen LogP contribution in [0.5, 0.6) is 11.5 Å². The summed E-state index contributed by atoms with van der Waals surface area (Å²) in [5.74, 6) is 2.27. The number of benzene rings is 1. The molecule has 1 heterocycles. The number of nitrogens with two attached hydrogens (primary N) is 1. The predicted octanol–water partition coefficient (Wildman–Crippen LogP) is 2.83. The molecule has 0 aromatic heterocycles.